The van der Waals surface area contributed by atoms with Crippen LogP contribution in [0.4, 0.5) is 11.6 Å². The first kappa shape index (κ1) is 14.9. The third kappa shape index (κ3) is 3.29. The third-order valence-electron chi connectivity index (χ3n) is 4.34. The van der Waals surface area contributed by atoms with Gasteiger partial charge in [0.2, 0.25) is 0 Å². The van der Waals surface area contributed by atoms with Gasteiger partial charge in [-0.2, -0.15) is 0 Å². The third-order valence-corrected chi connectivity index (χ3v) is 4.34. The first-order valence-electron chi connectivity index (χ1n) is 8.33. The Morgan fingerprint density at radius 3 is 2.50 bits per heavy atom. The van der Waals surface area contributed by atoms with Gasteiger partial charge in [-0.1, -0.05) is 6.07 Å². The molecule has 124 valence electrons. The van der Waals surface area contributed by atoms with E-state index in [1.807, 2.05) is 23.1 Å². The van der Waals surface area contributed by atoms with Crippen LogP contribution < -0.4 is 10.2 Å². The number of aromatic nitrogens is 3. The highest BCUT2D eigenvalue weighted by Crippen LogP contribution is 2.23. The van der Waals surface area contributed by atoms with Gasteiger partial charge < -0.3 is 15.1 Å². The van der Waals surface area contributed by atoms with Crippen molar-refractivity contribution in [3.8, 4) is 0 Å². The van der Waals surface area contributed by atoms with Gasteiger partial charge in [0, 0.05) is 38.4 Å². The minimum atomic E-state index is -0.0545. The molecule has 1 amide bonds. The fourth-order valence-electron chi connectivity index (χ4n) is 2.79. The lowest BCUT2D eigenvalue weighted by Crippen LogP contribution is -2.49. The van der Waals surface area contributed by atoms with Crippen LogP contribution in [-0.2, 0) is 0 Å². The summed E-state index contributed by atoms with van der Waals surface area (Å²) in [5.74, 6) is 1.65. The summed E-state index contributed by atoms with van der Waals surface area (Å²) in [6.45, 7) is 2.88. The van der Waals surface area contributed by atoms with Crippen molar-refractivity contribution < 1.29 is 4.79 Å². The van der Waals surface area contributed by atoms with Crippen LogP contribution >= 0.6 is 0 Å². The zero-order valence-electron chi connectivity index (χ0n) is 13.4. The Hall–Kier alpha value is -2.70. The van der Waals surface area contributed by atoms with Crippen LogP contribution in [0.15, 0.2) is 36.8 Å². The molecule has 0 aromatic carbocycles. The van der Waals surface area contributed by atoms with Gasteiger partial charge in [0.25, 0.3) is 5.91 Å². The molecular weight excluding hydrogens is 304 g/mol. The topological polar surface area (TPSA) is 74.2 Å². The van der Waals surface area contributed by atoms with Gasteiger partial charge in [0.05, 0.1) is 12.4 Å². The van der Waals surface area contributed by atoms with E-state index in [0.29, 0.717) is 24.8 Å². The molecule has 0 atom stereocenters. The lowest BCUT2D eigenvalue weighted by Gasteiger charge is -2.35. The first-order chi connectivity index (χ1) is 11.8. The second-order valence-electron chi connectivity index (χ2n) is 6.17. The van der Waals surface area contributed by atoms with E-state index in [2.05, 4.69) is 25.2 Å². The molecule has 2 aromatic heterocycles. The van der Waals surface area contributed by atoms with Gasteiger partial charge in [0.15, 0.2) is 0 Å². The summed E-state index contributed by atoms with van der Waals surface area (Å²) in [5.41, 5.74) is 0.405. The number of hydrogen-bond donors (Lipinski definition) is 1. The van der Waals surface area contributed by atoms with Crippen molar-refractivity contribution in [2.45, 2.75) is 18.9 Å². The molecule has 0 radical (unpaired) electrons. The Labute approximate surface area is 140 Å². The molecule has 0 bridgehead atoms. The molecule has 1 aliphatic carbocycles. The van der Waals surface area contributed by atoms with Crippen molar-refractivity contribution in [3.63, 3.8) is 0 Å². The Bertz CT molecular complexity index is 693. The maximum atomic E-state index is 12.6. The van der Waals surface area contributed by atoms with Crippen molar-refractivity contribution in [3.05, 3.63) is 42.5 Å². The lowest BCUT2D eigenvalue weighted by atomic mass is 10.2. The molecule has 0 unspecified atom stereocenters. The van der Waals surface area contributed by atoms with Crippen LogP contribution in [0.2, 0.25) is 0 Å². The van der Waals surface area contributed by atoms with E-state index < -0.39 is 0 Å². The van der Waals surface area contributed by atoms with Crippen LogP contribution in [0, 0.1) is 0 Å². The molecule has 4 rings (SSSR count). The number of hydrogen-bond acceptors (Lipinski definition) is 6. The van der Waals surface area contributed by atoms with Gasteiger partial charge in [-0.25, -0.2) is 15.0 Å². The maximum absolute atomic E-state index is 12.6. The number of carbonyl (C=O) groups is 1. The summed E-state index contributed by atoms with van der Waals surface area (Å²) in [6.07, 6.45) is 7.37. The van der Waals surface area contributed by atoms with E-state index >= 15 is 0 Å². The van der Waals surface area contributed by atoms with Gasteiger partial charge in [-0.05, 0) is 25.0 Å². The first-order valence-corrected chi connectivity index (χ1v) is 8.33. The Kier molecular flexibility index (Phi) is 3.98. The van der Waals surface area contributed by atoms with Gasteiger partial charge in [0.1, 0.15) is 17.3 Å². The quantitative estimate of drug-likeness (QED) is 0.916. The van der Waals surface area contributed by atoms with Gasteiger partial charge >= 0.3 is 0 Å². The zero-order chi connectivity index (χ0) is 16.4. The van der Waals surface area contributed by atoms with E-state index in [-0.39, 0.29) is 5.91 Å². The van der Waals surface area contributed by atoms with Crippen molar-refractivity contribution in [2.24, 2.45) is 0 Å². The molecule has 3 heterocycles. The second-order valence-corrected chi connectivity index (χ2v) is 6.17. The number of carbonyl (C=O) groups excluding carboxylic acids is 1. The summed E-state index contributed by atoms with van der Waals surface area (Å²) in [7, 11) is 0. The Morgan fingerprint density at radius 1 is 1.04 bits per heavy atom. The molecule has 0 spiro atoms. The number of amides is 1. The highest BCUT2D eigenvalue weighted by Gasteiger charge is 2.24. The molecule has 2 fully saturated rings. The zero-order valence-corrected chi connectivity index (χ0v) is 13.4. The van der Waals surface area contributed by atoms with Crippen LogP contribution in [-0.4, -0.2) is 58.0 Å². The monoisotopic (exact) mass is 324 g/mol. The van der Waals surface area contributed by atoms with Crippen LogP contribution in [0.3, 0.4) is 0 Å². The smallest absolute Gasteiger partial charge is 0.274 e. The van der Waals surface area contributed by atoms with Crippen molar-refractivity contribution in [2.75, 3.05) is 36.4 Å². The molecule has 1 N–H and O–H groups in total. The van der Waals surface area contributed by atoms with Crippen molar-refractivity contribution in [1.29, 1.82) is 0 Å². The summed E-state index contributed by atoms with van der Waals surface area (Å²) in [4.78, 5) is 29.5. The van der Waals surface area contributed by atoms with E-state index in [9.17, 15) is 4.79 Å². The summed E-state index contributed by atoms with van der Waals surface area (Å²) in [5, 5.41) is 3.27. The van der Waals surface area contributed by atoms with E-state index in [0.717, 1.165) is 24.7 Å². The summed E-state index contributed by atoms with van der Waals surface area (Å²) >= 11 is 0. The number of rotatable bonds is 4. The standard InChI is InChI=1S/C17H20N6O/c24-17(14-11-20-15(12-19-14)21-13-4-5-13)23-9-7-22(8-10-23)16-3-1-2-6-18-16/h1-3,6,11-13H,4-5,7-10H2,(H,20,21). The highest BCUT2D eigenvalue weighted by atomic mass is 16.2. The summed E-state index contributed by atoms with van der Waals surface area (Å²) in [6, 6.07) is 6.41. The van der Waals surface area contributed by atoms with E-state index in [4.69, 9.17) is 0 Å². The average Bonchev–Trinajstić information content (AvgIpc) is 3.47. The number of anilines is 2. The Morgan fingerprint density at radius 2 is 1.88 bits per heavy atom. The number of nitrogens with one attached hydrogen (secondary N) is 1. The average molecular weight is 324 g/mol. The predicted octanol–water partition coefficient (Wildman–Crippen LogP) is 1.41. The molecule has 2 aliphatic rings. The lowest BCUT2D eigenvalue weighted by molar-refractivity contribution is 0.0740. The Balaban J connectivity index is 1.35. The van der Waals surface area contributed by atoms with E-state index in [1.165, 1.54) is 12.8 Å². The number of pyridine rings is 1. The summed E-state index contributed by atoms with van der Waals surface area (Å²) < 4.78 is 0. The number of nitrogens with zero attached hydrogens (tertiary/aromatic N) is 5. The number of piperazine rings is 1. The van der Waals surface area contributed by atoms with Crippen molar-refractivity contribution in [1.82, 2.24) is 19.9 Å². The SMILES string of the molecule is O=C(c1cnc(NC2CC2)cn1)N1CCN(c2ccccn2)CC1. The van der Waals surface area contributed by atoms with E-state index in [1.54, 1.807) is 18.6 Å². The molecule has 24 heavy (non-hydrogen) atoms. The second kappa shape index (κ2) is 6.43. The molecular formula is C17H20N6O. The molecule has 7 heteroatoms. The van der Waals surface area contributed by atoms with Gasteiger partial charge in [-0.15, -0.1) is 0 Å². The van der Waals surface area contributed by atoms with Crippen LogP contribution in [0.25, 0.3) is 0 Å². The van der Waals surface area contributed by atoms with Crippen LogP contribution in [0.5, 0.6) is 0 Å². The van der Waals surface area contributed by atoms with Gasteiger partial charge in [-0.3, -0.25) is 4.79 Å². The highest BCUT2D eigenvalue weighted by molar-refractivity contribution is 5.92. The normalized spacial score (nSPS) is 17.7. The minimum absolute atomic E-state index is 0.0545. The molecule has 2 aromatic rings. The fraction of sp³-hybridized carbons (Fsp3) is 0.412. The minimum Gasteiger partial charge on any atom is -0.366 e. The maximum Gasteiger partial charge on any atom is 0.274 e. The van der Waals surface area contributed by atoms with Crippen molar-refractivity contribution >= 4 is 17.5 Å². The van der Waals surface area contributed by atoms with Crippen LogP contribution in [0.1, 0.15) is 23.3 Å². The largest absolute Gasteiger partial charge is 0.366 e. The predicted molar refractivity (Wildman–Crippen MR) is 91.0 cm³/mol. The molecule has 1 saturated carbocycles. The molecule has 7 nitrogen and oxygen atoms in total. The molecule has 1 aliphatic heterocycles. The fourth-order valence-corrected chi connectivity index (χ4v) is 2.79. The molecule has 1 saturated heterocycles.